The van der Waals surface area contributed by atoms with Gasteiger partial charge in [-0.15, -0.1) is 0 Å². The Balaban J connectivity index is 2.32. The van der Waals surface area contributed by atoms with Crippen LogP contribution in [0, 0.1) is 17.3 Å². The van der Waals surface area contributed by atoms with E-state index in [2.05, 4.69) is 33.4 Å². The Kier molecular flexibility index (Phi) is 2.81. The van der Waals surface area contributed by atoms with Crippen molar-refractivity contribution in [3.63, 3.8) is 0 Å². The minimum atomic E-state index is -0.0786. The van der Waals surface area contributed by atoms with Gasteiger partial charge in [0, 0.05) is 11.8 Å². The Bertz CT molecular complexity index is 364. The standard InChI is InChI=1S/C15H22O/c1-10(2)12-8-13-11(3)6-5-7-15(13,4)14(16)9-12/h6,12-13H,1,5,7-9H2,2-4H3. The lowest BCUT2D eigenvalue weighted by Gasteiger charge is -2.46. The van der Waals surface area contributed by atoms with Crippen LogP contribution in [0.4, 0.5) is 0 Å². The van der Waals surface area contributed by atoms with E-state index in [0.717, 1.165) is 25.7 Å². The topological polar surface area (TPSA) is 17.1 Å². The first-order valence-corrected chi connectivity index (χ1v) is 6.30. The van der Waals surface area contributed by atoms with Crippen molar-refractivity contribution < 1.29 is 4.79 Å². The Hall–Kier alpha value is -0.850. The maximum atomic E-state index is 12.3. The second kappa shape index (κ2) is 3.87. The van der Waals surface area contributed by atoms with Gasteiger partial charge in [-0.25, -0.2) is 0 Å². The Labute approximate surface area is 98.6 Å². The lowest BCUT2D eigenvalue weighted by Crippen LogP contribution is -2.44. The molecule has 1 saturated carbocycles. The molecule has 2 rings (SSSR count). The van der Waals surface area contributed by atoms with Crippen LogP contribution in [0.25, 0.3) is 0 Å². The van der Waals surface area contributed by atoms with Crippen LogP contribution in [0.15, 0.2) is 23.8 Å². The molecule has 0 amide bonds. The van der Waals surface area contributed by atoms with E-state index in [0.29, 0.717) is 17.6 Å². The molecule has 0 radical (unpaired) electrons. The summed E-state index contributed by atoms with van der Waals surface area (Å²) >= 11 is 0. The fourth-order valence-corrected chi connectivity index (χ4v) is 3.40. The summed E-state index contributed by atoms with van der Waals surface area (Å²) in [5.41, 5.74) is 2.52. The molecule has 0 aliphatic heterocycles. The number of fused-ring (bicyclic) bond motifs is 1. The predicted octanol–water partition coefficient (Wildman–Crippen LogP) is 3.90. The van der Waals surface area contributed by atoms with Gasteiger partial charge in [0.05, 0.1) is 0 Å². The summed E-state index contributed by atoms with van der Waals surface area (Å²) in [4.78, 5) is 12.3. The van der Waals surface area contributed by atoms with Crippen LogP contribution >= 0.6 is 0 Å². The minimum absolute atomic E-state index is 0.0786. The van der Waals surface area contributed by atoms with Crippen molar-refractivity contribution in [1.82, 2.24) is 0 Å². The summed E-state index contributed by atoms with van der Waals surface area (Å²) in [6.45, 7) is 10.4. The highest BCUT2D eigenvalue weighted by atomic mass is 16.1. The molecule has 2 aliphatic rings. The number of carbonyl (C=O) groups excluding carboxylic acids is 1. The molecule has 0 aromatic rings. The molecule has 0 bridgehead atoms. The highest BCUT2D eigenvalue weighted by molar-refractivity contribution is 5.86. The minimum Gasteiger partial charge on any atom is -0.299 e. The van der Waals surface area contributed by atoms with E-state index in [9.17, 15) is 4.79 Å². The van der Waals surface area contributed by atoms with Gasteiger partial charge in [0.15, 0.2) is 0 Å². The molecular weight excluding hydrogens is 196 g/mol. The summed E-state index contributed by atoms with van der Waals surface area (Å²) in [5.74, 6) is 1.33. The van der Waals surface area contributed by atoms with E-state index in [-0.39, 0.29) is 5.41 Å². The molecule has 0 saturated heterocycles. The summed E-state index contributed by atoms with van der Waals surface area (Å²) in [6, 6.07) is 0. The van der Waals surface area contributed by atoms with Crippen LogP contribution in [0.3, 0.4) is 0 Å². The van der Waals surface area contributed by atoms with E-state index in [4.69, 9.17) is 0 Å². The quantitative estimate of drug-likeness (QED) is 0.610. The van der Waals surface area contributed by atoms with Crippen molar-refractivity contribution in [2.45, 2.75) is 46.5 Å². The van der Waals surface area contributed by atoms with Gasteiger partial charge < -0.3 is 0 Å². The van der Waals surface area contributed by atoms with Gasteiger partial charge in [-0.3, -0.25) is 4.79 Å². The van der Waals surface area contributed by atoms with Gasteiger partial charge in [-0.05, 0) is 44.9 Å². The van der Waals surface area contributed by atoms with Crippen molar-refractivity contribution in [1.29, 1.82) is 0 Å². The Morgan fingerprint density at radius 1 is 1.56 bits per heavy atom. The van der Waals surface area contributed by atoms with Gasteiger partial charge in [0.2, 0.25) is 0 Å². The van der Waals surface area contributed by atoms with Crippen LogP contribution < -0.4 is 0 Å². The maximum Gasteiger partial charge on any atom is 0.139 e. The van der Waals surface area contributed by atoms with Crippen molar-refractivity contribution in [3.8, 4) is 0 Å². The fraction of sp³-hybridized carbons (Fsp3) is 0.667. The zero-order valence-corrected chi connectivity index (χ0v) is 10.7. The fourth-order valence-electron chi connectivity index (χ4n) is 3.40. The molecule has 1 fully saturated rings. The van der Waals surface area contributed by atoms with E-state index in [1.54, 1.807) is 0 Å². The van der Waals surface area contributed by atoms with Gasteiger partial charge >= 0.3 is 0 Å². The number of ketones is 1. The summed E-state index contributed by atoms with van der Waals surface area (Å²) in [7, 11) is 0. The molecule has 1 heteroatoms. The number of hydrogen-bond donors (Lipinski definition) is 0. The highest BCUT2D eigenvalue weighted by Gasteiger charge is 2.47. The lowest BCUT2D eigenvalue weighted by atomic mass is 9.57. The summed E-state index contributed by atoms with van der Waals surface area (Å²) in [6.07, 6.45) is 6.27. The van der Waals surface area contributed by atoms with Gasteiger partial charge in [-0.2, -0.15) is 0 Å². The molecule has 1 nitrogen and oxygen atoms in total. The smallest absolute Gasteiger partial charge is 0.139 e. The third kappa shape index (κ3) is 1.66. The van der Waals surface area contributed by atoms with Crippen LogP contribution in [0.1, 0.15) is 46.5 Å². The molecule has 0 heterocycles. The van der Waals surface area contributed by atoms with Gasteiger partial charge in [-0.1, -0.05) is 30.7 Å². The first-order chi connectivity index (χ1) is 7.45. The van der Waals surface area contributed by atoms with Crippen LogP contribution in [-0.2, 0) is 4.79 Å². The normalized spacial score (nSPS) is 38.9. The predicted molar refractivity (Wildman–Crippen MR) is 67.1 cm³/mol. The van der Waals surface area contributed by atoms with E-state index in [1.165, 1.54) is 11.1 Å². The molecule has 16 heavy (non-hydrogen) atoms. The summed E-state index contributed by atoms with van der Waals surface area (Å²) in [5, 5.41) is 0. The second-order valence-electron chi connectivity index (χ2n) is 5.86. The molecular formula is C15H22O. The first kappa shape index (κ1) is 11.6. The lowest BCUT2D eigenvalue weighted by molar-refractivity contribution is -0.135. The van der Waals surface area contributed by atoms with E-state index in [1.807, 2.05) is 0 Å². The zero-order valence-electron chi connectivity index (χ0n) is 10.7. The number of carbonyl (C=O) groups is 1. The number of hydrogen-bond acceptors (Lipinski definition) is 1. The number of allylic oxidation sites excluding steroid dienone is 3. The van der Waals surface area contributed by atoms with Crippen molar-refractivity contribution in [2.24, 2.45) is 17.3 Å². The van der Waals surface area contributed by atoms with E-state index < -0.39 is 0 Å². The molecule has 0 aromatic heterocycles. The molecule has 0 aromatic carbocycles. The molecule has 2 aliphatic carbocycles. The third-order valence-corrected chi connectivity index (χ3v) is 4.73. The molecule has 3 unspecified atom stereocenters. The van der Waals surface area contributed by atoms with Crippen LogP contribution in [-0.4, -0.2) is 5.78 Å². The Morgan fingerprint density at radius 3 is 2.88 bits per heavy atom. The van der Waals surface area contributed by atoms with Crippen molar-refractivity contribution in [3.05, 3.63) is 23.8 Å². The summed E-state index contributed by atoms with van der Waals surface area (Å²) < 4.78 is 0. The van der Waals surface area contributed by atoms with Crippen molar-refractivity contribution >= 4 is 5.78 Å². The average Bonchev–Trinajstić information content (AvgIpc) is 2.20. The van der Waals surface area contributed by atoms with Gasteiger partial charge in [0.25, 0.3) is 0 Å². The maximum absolute atomic E-state index is 12.3. The van der Waals surface area contributed by atoms with Crippen LogP contribution in [0.5, 0.6) is 0 Å². The van der Waals surface area contributed by atoms with Crippen molar-refractivity contribution in [2.75, 3.05) is 0 Å². The second-order valence-corrected chi connectivity index (χ2v) is 5.86. The number of Topliss-reactive ketones (excluding diaryl/α,β-unsaturated/α-hetero) is 1. The molecule has 0 spiro atoms. The van der Waals surface area contributed by atoms with Crippen LogP contribution in [0.2, 0.25) is 0 Å². The number of rotatable bonds is 1. The first-order valence-electron chi connectivity index (χ1n) is 6.30. The Morgan fingerprint density at radius 2 is 2.25 bits per heavy atom. The largest absolute Gasteiger partial charge is 0.299 e. The molecule has 88 valence electrons. The third-order valence-electron chi connectivity index (χ3n) is 4.73. The van der Waals surface area contributed by atoms with Gasteiger partial charge in [0.1, 0.15) is 5.78 Å². The zero-order chi connectivity index (χ0) is 11.9. The molecule has 3 atom stereocenters. The SMILES string of the molecule is C=C(C)C1CC(=O)C2(C)CCC=C(C)C2C1. The average molecular weight is 218 g/mol. The monoisotopic (exact) mass is 218 g/mol. The van der Waals surface area contributed by atoms with E-state index >= 15 is 0 Å². The highest BCUT2D eigenvalue weighted by Crippen LogP contribution is 2.50. The molecule has 0 N–H and O–H groups in total.